The summed E-state index contributed by atoms with van der Waals surface area (Å²) in [6, 6.07) is 27.4. The second kappa shape index (κ2) is 16.7. The first kappa shape index (κ1) is 30.5. The van der Waals surface area contributed by atoms with Crippen molar-refractivity contribution in [3.63, 3.8) is 0 Å². The summed E-state index contributed by atoms with van der Waals surface area (Å²) in [6.45, 7) is 5.16. The number of benzene rings is 3. The Bertz CT molecular complexity index is 1360. The van der Waals surface area contributed by atoms with Gasteiger partial charge in [-0.2, -0.15) is 0 Å². The molecule has 7 heteroatoms. The average molecular weight is 558 g/mol. The first-order chi connectivity index (χ1) is 20.1. The molecule has 4 rings (SSSR count). The molecule has 3 aromatic carbocycles. The molecule has 0 aliphatic rings. The van der Waals surface area contributed by atoms with E-state index in [0.29, 0.717) is 24.4 Å². The Hall–Kier alpha value is -3.49. The van der Waals surface area contributed by atoms with Gasteiger partial charge in [0.15, 0.2) is 0 Å². The van der Waals surface area contributed by atoms with Crippen LogP contribution in [0.3, 0.4) is 0 Å². The van der Waals surface area contributed by atoms with Gasteiger partial charge >= 0.3 is 0 Å². The van der Waals surface area contributed by atoms with Crippen LogP contribution >= 0.6 is 0 Å². The highest BCUT2D eigenvalue weighted by molar-refractivity contribution is 5.87. The number of aliphatic hydroxyl groups is 1. The molecule has 0 unspecified atom stereocenters. The van der Waals surface area contributed by atoms with Gasteiger partial charge in [-0.05, 0) is 68.1 Å². The largest absolute Gasteiger partial charge is 0.487 e. The maximum atomic E-state index is 12.1. The zero-order valence-electron chi connectivity index (χ0n) is 24.1. The minimum atomic E-state index is -0.700. The van der Waals surface area contributed by atoms with E-state index in [1.54, 1.807) is 6.07 Å². The van der Waals surface area contributed by atoms with E-state index in [-0.39, 0.29) is 5.56 Å². The number of aromatic nitrogens is 1. The monoisotopic (exact) mass is 557 g/mol. The second-order valence-electron chi connectivity index (χ2n) is 10.5. The summed E-state index contributed by atoms with van der Waals surface area (Å²) >= 11 is 0. The highest BCUT2D eigenvalue weighted by Crippen LogP contribution is 2.30. The Balaban J connectivity index is 1.11. The fraction of sp³-hybridized carbons (Fsp3) is 0.382. The van der Waals surface area contributed by atoms with Crippen LogP contribution in [0.5, 0.6) is 5.75 Å². The standard InChI is InChI=1S/C34H43N3O4/c1-37(21-19-27-11-5-2-6-12-27)22-24-40-23-10-4-9-20-35-25-31(38)29-15-17-32(34-30(29)16-18-33(39)36-34)41-26-28-13-7-3-8-14-28/h2-3,5-8,11-18,31,35,38H,4,9-10,19-26H2,1H3,(H,36,39)/t31-/m0/s1. The third-order valence-corrected chi connectivity index (χ3v) is 7.21. The number of pyridine rings is 1. The van der Waals surface area contributed by atoms with Crippen molar-refractivity contribution in [3.05, 3.63) is 112 Å². The first-order valence-corrected chi connectivity index (χ1v) is 14.6. The molecule has 7 nitrogen and oxygen atoms in total. The van der Waals surface area contributed by atoms with E-state index < -0.39 is 6.10 Å². The summed E-state index contributed by atoms with van der Waals surface area (Å²) in [6.07, 6.45) is 3.48. The lowest BCUT2D eigenvalue weighted by Crippen LogP contribution is -2.25. The van der Waals surface area contributed by atoms with E-state index in [0.717, 1.165) is 75.0 Å². The van der Waals surface area contributed by atoms with Crippen LogP contribution in [0.15, 0.2) is 89.7 Å². The fourth-order valence-corrected chi connectivity index (χ4v) is 4.77. The van der Waals surface area contributed by atoms with E-state index in [1.165, 1.54) is 11.6 Å². The average Bonchev–Trinajstić information content (AvgIpc) is 3.00. The fourth-order valence-electron chi connectivity index (χ4n) is 4.77. The van der Waals surface area contributed by atoms with E-state index in [1.807, 2.05) is 42.5 Å². The molecule has 0 saturated heterocycles. The van der Waals surface area contributed by atoms with Crippen LogP contribution in [0.1, 0.15) is 42.1 Å². The van der Waals surface area contributed by atoms with Crippen molar-refractivity contribution < 1.29 is 14.6 Å². The molecule has 0 aliphatic carbocycles. The van der Waals surface area contributed by atoms with Gasteiger partial charge in [0.1, 0.15) is 12.4 Å². The van der Waals surface area contributed by atoms with Gasteiger partial charge in [0.05, 0.1) is 18.2 Å². The number of H-pyrrole nitrogens is 1. The predicted octanol–water partition coefficient (Wildman–Crippen LogP) is 5.09. The summed E-state index contributed by atoms with van der Waals surface area (Å²) in [5.74, 6) is 0.589. The molecule has 218 valence electrons. The highest BCUT2D eigenvalue weighted by Gasteiger charge is 2.15. The molecular formula is C34H43N3O4. The van der Waals surface area contributed by atoms with Crippen LogP contribution in [0.4, 0.5) is 0 Å². The number of fused-ring (bicyclic) bond motifs is 1. The van der Waals surface area contributed by atoms with Gasteiger partial charge in [-0.25, -0.2) is 0 Å². The number of hydrogen-bond acceptors (Lipinski definition) is 6. The molecule has 0 amide bonds. The van der Waals surface area contributed by atoms with Crippen LogP contribution < -0.4 is 15.6 Å². The maximum absolute atomic E-state index is 12.1. The van der Waals surface area contributed by atoms with Crippen molar-refractivity contribution in [2.75, 3.05) is 46.4 Å². The Morgan fingerprint density at radius 3 is 2.39 bits per heavy atom. The molecule has 0 aliphatic heterocycles. The maximum Gasteiger partial charge on any atom is 0.248 e. The quantitative estimate of drug-likeness (QED) is 0.148. The molecule has 0 fully saturated rings. The van der Waals surface area contributed by atoms with Gasteiger partial charge in [0.2, 0.25) is 5.56 Å². The normalized spacial score (nSPS) is 12.2. The van der Waals surface area contributed by atoms with Crippen molar-refractivity contribution in [1.29, 1.82) is 0 Å². The van der Waals surface area contributed by atoms with E-state index in [2.05, 4.69) is 52.6 Å². The van der Waals surface area contributed by atoms with Gasteiger partial charge in [0.25, 0.3) is 0 Å². The van der Waals surface area contributed by atoms with Crippen molar-refractivity contribution >= 4 is 10.9 Å². The van der Waals surface area contributed by atoms with Gasteiger partial charge in [-0.1, -0.05) is 66.7 Å². The molecule has 0 spiro atoms. The Labute approximate surface area is 243 Å². The van der Waals surface area contributed by atoms with Gasteiger partial charge in [-0.3, -0.25) is 4.79 Å². The number of unbranched alkanes of at least 4 members (excludes halogenated alkanes) is 2. The van der Waals surface area contributed by atoms with Crippen LogP contribution in [-0.2, 0) is 17.8 Å². The molecule has 4 aromatic rings. The molecular weight excluding hydrogens is 514 g/mol. The topological polar surface area (TPSA) is 86.8 Å². The lowest BCUT2D eigenvalue weighted by molar-refractivity contribution is 0.108. The number of ether oxygens (including phenoxy) is 2. The predicted molar refractivity (Wildman–Crippen MR) is 165 cm³/mol. The van der Waals surface area contributed by atoms with Gasteiger partial charge < -0.3 is 29.8 Å². The number of aliphatic hydroxyl groups excluding tert-OH is 1. The van der Waals surface area contributed by atoms with Crippen molar-refractivity contribution in [3.8, 4) is 5.75 Å². The summed E-state index contributed by atoms with van der Waals surface area (Å²) < 4.78 is 11.8. The van der Waals surface area contributed by atoms with E-state index in [9.17, 15) is 9.90 Å². The highest BCUT2D eigenvalue weighted by atomic mass is 16.5. The zero-order chi connectivity index (χ0) is 28.7. The summed E-state index contributed by atoms with van der Waals surface area (Å²) in [5, 5.41) is 15.1. The Morgan fingerprint density at radius 2 is 1.61 bits per heavy atom. The van der Waals surface area contributed by atoms with Crippen molar-refractivity contribution in [2.45, 2.75) is 38.4 Å². The summed E-state index contributed by atoms with van der Waals surface area (Å²) in [4.78, 5) is 17.3. The SMILES string of the molecule is CN(CCOCCCCCNC[C@H](O)c1ccc(OCc2ccccc2)c2[nH]c(=O)ccc12)CCc1ccccc1. The lowest BCUT2D eigenvalue weighted by atomic mass is 10.0. The third kappa shape index (κ3) is 10.1. The number of likely N-dealkylation sites (N-methyl/N-ethyl adjacent to an activating group) is 1. The molecule has 0 saturated carbocycles. The van der Waals surface area contributed by atoms with Crippen LogP contribution in [0.25, 0.3) is 10.9 Å². The van der Waals surface area contributed by atoms with Crippen LogP contribution in [0.2, 0.25) is 0 Å². The van der Waals surface area contributed by atoms with Crippen molar-refractivity contribution in [1.82, 2.24) is 15.2 Å². The molecule has 1 heterocycles. The van der Waals surface area contributed by atoms with Crippen LogP contribution in [-0.4, -0.2) is 61.4 Å². The number of hydrogen-bond donors (Lipinski definition) is 3. The number of aromatic amines is 1. The summed E-state index contributed by atoms with van der Waals surface area (Å²) in [7, 11) is 2.14. The molecule has 1 aromatic heterocycles. The molecule has 0 radical (unpaired) electrons. The lowest BCUT2D eigenvalue weighted by Gasteiger charge is -2.17. The van der Waals surface area contributed by atoms with Crippen molar-refractivity contribution in [2.24, 2.45) is 0 Å². The molecule has 1 atom stereocenters. The Kier molecular flexibility index (Phi) is 12.4. The minimum Gasteiger partial charge on any atom is -0.487 e. The minimum absolute atomic E-state index is 0.203. The first-order valence-electron chi connectivity index (χ1n) is 14.6. The number of nitrogens with zero attached hydrogens (tertiary/aromatic N) is 1. The van der Waals surface area contributed by atoms with Crippen LogP contribution in [0, 0.1) is 0 Å². The van der Waals surface area contributed by atoms with E-state index in [4.69, 9.17) is 9.47 Å². The van der Waals surface area contributed by atoms with Gasteiger partial charge in [-0.15, -0.1) is 0 Å². The van der Waals surface area contributed by atoms with E-state index >= 15 is 0 Å². The molecule has 41 heavy (non-hydrogen) atoms. The Morgan fingerprint density at radius 1 is 0.854 bits per heavy atom. The number of nitrogens with one attached hydrogen (secondary N) is 2. The van der Waals surface area contributed by atoms with Gasteiger partial charge in [0, 0.05) is 37.7 Å². The summed E-state index contributed by atoms with van der Waals surface area (Å²) in [5.41, 5.74) is 3.57. The number of rotatable bonds is 18. The smallest absolute Gasteiger partial charge is 0.248 e. The second-order valence-corrected chi connectivity index (χ2v) is 10.5. The molecule has 0 bridgehead atoms. The molecule has 3 N–H and O–H groups in total. The third-order valence-electron chi connectivity index (χ3n) is 7.21. The zero-order valence-corrected chi connectivity index (χ0v) is 24.1.